The molecule has 0 bridgehead atoms. The number of aromatic amines is 1. The molecule has 1 atom stereocenters. The molecular formula is C39H41N5O9. The SMILES string of the molecule is O=C1CCC(N2Cc3c(OCCOCCOCCOCCOCCOc4ccc(-c5ccc6c(c5)[nH]c5ccncc56)cn4)cccc3C2=O)C(=O)N1. The monoisotopic (exact) mass is 723 g/mol. The van der Waals surface area contributed by atoms with E-state index in [1.807, 2.05) is 30.6 Å². The summed E-state index contributed by atoms with van der Waals surface area (Å²) in [6.45, 7) is 4.28. The summed E-state index contributed by atoms with van der Waals surface area (Å²) in [7, 11) is 0. The average molecular weight is 724 g/mol. The topological polar surface area (TPSA) is 163 Å². The van der Waals surface area contributed by atoms with E-state index in [0.717, 1.165) is 38.5 Å². The summed E-state index contributed by atoms with van der Waals surface area (Å²) in [6.07, 6.45) is 5.99. The van der Waals surface area contributed by atoms with Gasteiger partial charge in [0.1, 0.15) is 25.0 Å². The number of hydrogen-bond acceptors (Lipinski definition) is 11. The molecule has 5 aromatic rings. The summed E-state index contributed by atoms with van der Waals surface area (Å²) >= 11 is 0. The van der Waals surface area contributed by atoms with Gasteiger partial charge >= 0.3 is 0 Å². The zero-order valence-electron chi connectivity index (χ0n) is 29.2. The van der Waals surface area contributed by atoms with Crippen molar-refractivity contribution in [3.63, 3.8) is 0 Å². The number of nitrogens with zero attached hydrogens (tertiary/aromatic N) is 3. The van der Waals surface area contributed by atoms with Crippen LogP contribution in [-0.2, 0) is 35.1 Å². The number of pyridine rings is 2. The van der Waals surface area contributed by atoms with Crippen molar-refractivity contribution >= 4 is 39.5 Å². The number of carbonyl (C=O) groups is 3. The maximum Gasteiger partial charge on any atom is 0.255 e. The van der Waals surface area contributed by atoms with E-state index in [4.69, 9.17) is 28.4 Å². The van der Waals surface area contributed by atoms with Gasteiger partial charge in [-0.25, -0.2) is 4.98 Å². The number of rotatable bonds is 19. The second kappa shape index (κ2) is 17.4. The van der Waals surface area contributed by atoms with E-state index in [9.17, 15) is 14.4 Å². The number of imide groups is 1. The minimum Gasteiger partial charge on any atom is -0.491 e. The second-order valence-corrected chi connectivity index (χ2v) is 12.5. The van der Waals surface area contributed by atoms with Crippen molar-refractivity contribution in [2.45, 2.75) is 25.4 Å². The van der Waals surface area contributed by atoms with Crippen molar-refractivity contribution in [2.75, 3.05) is 66.1 Å². The van der Waals surface area contributed by atoms with E-state index in [-0.39, 0.29) is 24.8 Å². The molecule has 0 aliphatic carbocycles. The molecule has 2 aliphatic heterocycles. The number of carbonyl (C=O) groups excluding carboxylic acids is 3. The standard InChI is InChI=1S/C39H41N5O9/c45-36-8-7-34(38(46)43-36)44-25-31-29(39(44)47)2-1-3-35(31)52-20-18-50-16-14-48-12-13-49-15-17-51-19-21-53-37-9-5-27(23-41-37)26-4-6-28-30-24-40-11-10-32(30)42-33(28)22-26/h1-6,9-11,22-24,34,42H,7-8,12-21,25H2,(H,43,45,46). The number of hydrogen-bond donors (Lipinski definition) is 2. The van der Waals surface area contributed by atoms with Gasteiger partial charge < -0.3 is 38.3 Å². The van der Waals surface area contributed by atoms with Crippen molar-refractivity contribution in [1.29, 1.82) is 0 Å². The van der Waals surface area contributed by atoms with Crippen LogP contribution in [0.5, 0.6) is 11.6 Å². The third-order valence-electron chi connectivity index (χ3n) is 9.09. The van der Waals surface area contributed by atoms with Gasteiger partial charge in [0.15, 0.2) is 0 Å². The molecule has 1 saturated heterocycles. The Kier molecular flexibility index (Phi) is 11.8. The first-order valence-corrected chi connectivity index (χ1v) is 17.7. The molecule has 0 spiro atoms. The highest BCUT2D eigenvalue weighted by Crippen LogP contribution is 2.34. The first-order chi connectivity index (χ1) is 26.0. The summed E-state index contributed by atoms with van der Waals surface area (Å²) in [5.41, 5.74) is 5.43. The molecule has 0 saturated carbocycles. The van der Waals surface area contributed by atoms with E-state index in [1.165, 1.54) is 4.90 Å². The average Bonchev–Trinajstić information content (AvgIpc) is 3.72. The molecule has 1 fully saturated rings. The number of aromatic nitrogens is 3. The lowest BCUT2D eigenvalue weighted by molar-refractivity contribution is -0.136. The predicted molar refractivity (Wildman–Crippen MR) is 194 cm³/mol. The Hall–Kier alpha value is -5.41. The third kappa shape index (κ3) is 8.80. The highest BCUT2D eigenvalue weighted by atomic mass is 16.6. The van der Waals surface area contributed by atoms with Crippen LogP contribution >= 0.6 is 0 Å². The van der Waals surface area contributed by atoms with Gasteiger partial charge in [0.2, 0.25) is 17.7 Å². The molecule has 2 N–H and O–H groups in total. The molecule has 2 aromatic carbocycles. The van der Waals surface area contributed by atoms with Gasteiger partial charge in [0.25, 0.3) is 5.91 Å². The Morgan fingerprint density at radius 2 is 1.43 bits per heavy atom. The fourth-order valence-electron chi connectivity index (χ4n) is 6.43. The third-order valence-corrected chi connectivity index (χ3v) is 9.09. The van der Waals surface area contributed by atoms with Crippen molar-refractivity contribution in [3.8, 4) is 22.8 Å². The van der Waals surface area contributed by atoms with Crippen LogP contribution in [0.15, 0.2) is 73.2 Å². The molecule has 7 rings (SSSR count). The summed E-state index contributed by atoms with van der Waals surface area (Å²) in [5.74, 6) is 0.131. The lowest BCUT2D eigenvalue weighted by Gasteiger charge is -2.29. The van der Waals surface area contributed by atoms with Gasteiger partial charge in [-0.05, 0) is 42.3 Å². The van der Waals surface area contributed by atoms with Crippen LogP contribution in [0.2, 0.25) is 0 Å². The molecule has 14 nitrogen and oxygen atoms in total. The lowest BCUT2D eigenvalue weighted by Crippen LogP contribution is -2.52. The van der Waals surface area contributed by atoms with Crippen LogP contribution in [0.4, 0.5) is 0 Å². The highest BCUT2D eigenvalue weighted by Gasteiger charge is 2.40. The van der Waals surface area contributed by atoms with Crippen LogP contribution in [-0.4, -0.2) is 110 Å². The summed E-state index contributed by atoms with van der Waals surface area (Å²) in [4.78, 5) is 50.4. The first-order valence-electron chi connectivity index (χ1n) is 17.7. The fourth-order valence-corrected chi connectivity index (χ4v) is 6.43. The normalized spacial score (nSPS) is 15.7. The van der Waals surface area contributed by atoms with E-state index >= 15 is 0 Å². The maximum absolute atomic E-state index is 13.0. The molecule has 14 heteroatoms. The van der Waals surface area contributed by atoms with Crippen LogP contribution in [0.1, 0.15) is 28.8 Å². The Labute approximate surface area is 305 Å². The number of H-pyrrole nitrogens is 1. The van der Waals surface area contributed by atoms with E-state index in [1.54, 1.807) is 24.4 Å². The summed E-state index contributed by atoms with van der Waals surface area (Å²) in [6, 6.07) is 16.7. The predicted octanol–water partition coefficient (Wildman–Crippen LogP) is 4.06. The smallest absolute Gasteiger partial charge is 0.255 e. The van der Waals surface area contributed by atoms with Gasteiger partial charge in [-0.3, -0.25) is 24.7 Å². The minimum atomic E-state index is -0.666. The number of nitrogens with one attached hydrogen (secondary N) is 2. The first kappa shape index (κ1) is 36.0. The molecule has 1 unspecified atom stereocenters. The van der Waals surface area contributed by atoms with Crippen LogP contribution in [0.3, 0.4) is 0 Å². The van der Waals surface area contributed by atoms with Crippen molar-refractivity contribution in [1.82, 2.24) is 25.2 Å². The summed E-state index contributed by atoms with van der Waals surface area (Å²) in [5, 5.41) is 4.57. The van der Waals surface area contributed by atoms with Gasteiger partial charge in [0.05, 0.1) is 59.4 Å². The van der Waals surface area contributed by atoms with Crippen LogP contribution in [0, 0.1) is 0 Å². The van der Waals surface area contributed by atoms with E-state index in [0.29, 0.717) is 89.7 Å². The Morgan fingerprint density at radius 3 is 2.15 bits per heavy atom. The molecular weight excluding hydrogens is 682 g/mol. The van der Waals surface area contributed by atoms with E-state index < -0.39 is 11.9 Å². The Bertz CT molecular complexity index is 2050. The minimum absolute atomic E-state index is 0.210. The van der Waals surface area contributed by atoms with Crippen LogP contribution < -0.4 is 14.8 Å². The van der Waals surface area contributed by atoms with Gasteiger partial charge in [0, 0.05) is 69.6 Å². The Balaban J connectivity index is 0.689. The number of ether oxygens (including phenoxy) is 6. The quantitative estimate of drug-likeness (QED) is 0.0933. The van der Waals surface area contributed by atoms with Crippen molar-refractivity contribution in [2.24, 2.45) is 0 Å². The zero-order chi connectivity index (χ0) is 36.4. The molecule has 3 aromatic heterocycles. The number of benzene rings is 2. The maximum atomic E-state index is 13.0. The highest BCUT2D eigenvalue weighted by molar-refractivity contribution is 6.08. The molecule has 2 aliphatic rings. The molecule has 53 heavy (non-hydrogen) atoms. The molecule has 276 valence electrons. The van der Waals surface area contributed by atoms with Crippen molar-refractivity contribution in [3.05, 3.63) is 84.3 Å². The Morgan fingerprint density at radius 1 is 0.717 bits per heavy atom. The van der Waals surface area contributed by atoms with Gasteiger partial charge in [-0.2, -0.15) is 0 Å². The van der Waals surface area contributed by atoms with Crippen molar-refractivity contribution < 1.29 is 42.8 Å². The lowest BCUT2D eigenvalue weighted by atomic mass is 10.0. The number of piperidine rings is 1. The number of amides is 3. The largest absolute Gasteiger partial charge is 0.491 e. The summed E-state index contributed by atoms with van der Waals surface area (Å²) < 4.78 is 33.9. The molecule has 3 amide bonds. The molecule has 5 heterocycles. The fraction of sp³-hybridized carbons (Fsp3) is 0.359. The van der Waals surface area contributed by atoms with E-state index in [2.05, 4.69) is 38.5 Å². The van der Waals surface area contributed by atoms with Gasteiger partial charge in [-0.1, -0.05) is 18.2 Å². The second-order valence-electron chi connectivity index (χ2n) is 12.5. The number of fused-ring (bicyclic) bond motifs is 4. The van der Waals surface area contributed by atoms with Gasteiger partial charge in [-0.15, -0.1) is 0 Å². The molecule has 0 radical (unpaired) electrons. The zero-order valence-corrected chi connectivity index (χ0v) is 29.2. The van der Waals surface area contributed by atoms with Crippen LogP contribution in [0.25, 0.3) is 32.9 Å².